The lowest BCUT2D eigenvalue weighted by atomic mass is 10.1. The number of hydrogen-bond donors (Lipinski definition) is 2. The van der Waals surface area contributed by atoms with Gasteiger partial charge < -0.3 is 10.2 Å². The maximum absolute atomic E-state index is 13.0. The first-order valence-corrected chi connectivity index (χ1v) is 4.05. The summed E-state index contributed by atoms with van der Waals surface area (Å²) < 4.78 is 25.5. The molecule has 0 atom stereocenters. The molecule has 2 N–H and O–H groups in total. The zero-order valence-corrected chi connectivity index (χ0v) is 7.78. The van der Waals surface area contributed by atoms with Gasteiger partial charge in [-0.3, -0.25) is 4.79 Å². The Bertz CT molecular complexity index is 480. The first-order chi connectivity index (χ1) is 7.41. The van der Waals surface area contributed by atoms with Crippen LogP contribution in [0.25, 0.3) is 0 Å². The Balaban J connectivity index is 3.07. The minimum atomic E-state index is -1.71. The summed E-state index contributed by atoms with van der Waals surface area (Å²) in [5.74, 6) is -5.97. The van der Waals surface area contributed by atoms with Crippen molar-refractivity contribution in [2.24, 2.45) is 0 Å². The summed E-state index contributed by atoms with van der Waals surface area (Å²) >= 11 is 0. The number of aliphatic carboxylic acids is 1. The molecule has 0 aromatic heterocycles. The summed E-state index contributed by atoms with van der Waals surface area (Å²) in [6.45, 7) is 0. The van der Waals surface area contributed by atoms with Gasteiger partial charge >= 0.3 is 5.97 Å². The van der Waals surface area contributed by atoms with Gasteiger partial charge in [-0.15, -0.1) is 0 Å². The SMILES string of the molecule is O=C(O)/C(O)=C/C(=O)c1ccc(F)cc1F. The molecule has 0 amide bonds. The Morgan fingerprint density at radius 3 is 2.31 bits per heavy atom. The summed E-state index contributed by atoms with van der Waals surface area (Å²) in [6, 6.07) is 2.19. The quantitative estimate of drug-likeness (QED) is 0.468. The number of carbonyl (C=O) groups is 2. The van der Waals surface area contributed by atoms with E-state index in [-0.39, 0.29) is 0 Å². The van der Waals surface area contributed by atoms with Gasteiger partial charge in [0.1, 0.15) is 11.6 Å². The molecular formula is C10H6F2O4. The second-order valence-corrected chi connectivity index (χ2v) is 2.82. The third-order valence-electron chi connectivity index (χ3n) is 1.68. The highest BCUT2D eigenvalue weighted by Gasteiger charge is 2.13. The molecule has 0 saturated heterocycles. The average molecular weight is 228 g/mol. The van der Waals surface area contributed by atoms with Gasteiger partial charge in [-0.05, 0) is 12.1 Å². The van der Waals surface area contributed by atoms with Crippen LogP contribution in [0.3, 0.4) is 0 Å². The number of carboxylic acids is 1. The van der Waals surface area contributed by atoms with Crippen molar-refractivity contribution in [2.45, 2.75) is 0 Å². The van der Waals surface area contributed by atoms with Crippen molar-refractivity contribution in [3.8, 4) is 0 Å². The predicted molar refractivity (Wildman–Crippen MR) is 49.0 cm³/mol. The van der Waals surface area contributed by atoms with Crippen LogP contribution in [0, 0.1) is 11.6 Å². The number of aliphatic hydroxyl groups excluding tert-OH is 1. The van der Waals surface area contributed by atoms with Gasteiger partial charge in [0, 0.05) is 12.1 Å². The highest BCUT2D eigenvalue weighted by atomic mass is 19.1. The van der Waals surface area contributed by atoms with E-state index < -0.39 is 34.7 Å². The summed E-state index contributed by atoms with van der Waals surface area (Å²) in [5, 5.41) is 17.0. The molecule has 0 unspecified atom stereocenters. The Labute approximate surface area is 88.4 Å². The highest BCUT2D eigenvalue weighted by Crippen LogP contribution is 2.11. The molecule has 84 valence electrons. The maximum atomic E-state index is 13.0. The van der Waals surface area contributed by atoms with Crippen molar-refractivity contribution < 1.29 is 28.6 Å². The second-order valence-electron chi connectivity index (χ2n) is 2.82. The molecule has 0 bridgehead atoms. The predicted octanol–water partition coefficient (Wildman–Crippen LogP) is 1.67. The van der Waals surface area contributed by atoms with E-state index in [4.69, 9.17) is 10.2 Å². The number of allylic oxidation sites excluding steroid dienone is 1. The van der Waals surface area contributed by atoms with E-state index in [0.717, 1.165) is 12.1 Å². The van der Waals surface area contributed by atoms with Crippen molar-refractivity contribution >= 4 is 11.8 Å². The molecule has 0 spiro atoms. The first-order valence-electron chi connectivity index (χ1n) is 4.05. The minimum Gasteiger partial charge on any atom is -0.502 e. The summed E-state index contributed by atoms with van der Waals surface area (Å²) in [7, 11) is 0. The van der Waals surface area contributed by atoms with Crippen LogP contribution in [0.15, 0.2) is 30.0 Å². The topological polar surface area (TPSA) is 74.6 Å². The van der Waals surface area contributed by atoms with Crippen LogP contribution < -0.4 is 0 Å². The van der Waals surface area contributed by atoms with Crippen molar-refractivity contribution in [1.82, 2.24) is 0 Å². The van der Waals surface area contributed by atoms with E-state index >= 15 is 0 Å². The summed E-state index contributed by atoms with van der Waals surface area (Å²) in [6.07, 6.45) is 0.346. The van der Waals surface area contributed by atoms with E-state index in [0.29, 0.717) is 12.1 Å². The Hall–Kier alpha value is -2.24. The monoisotopic (exact) mass is 228 g/mol. The second kappa shape index (κ2) is 4.52. The van der Waals surface area contributed by atoms with E-state index in [1.165, 1.54) is 0 Å². The average Bonchev–Trinajstić information content (AvgIpc) is 2.16. The van der Waals surface area contributed by atoms with Crippen molar-refractivity contribution in [2.75, 3.05) is 0 Å². The molecule has 0 saturated carbocycles. The van der Waals surface area contributed by atoms with Crippen LogP contribution in [0.4, 0.5) is 8.78 Å². The molecule has 16 heavy (non-hydrogen) atoms. The van der Waals surface area contributed by atoms with Crippen molar-refractivity contribution in [3.63, 3.8) is 0 Å². The molecule has 0 aliphatic rings. The van der Waals surface area contributed by atoms with Gasteiger partial charge in [0.15, 0.2) is 5.78 Å². The normalized spacial score (nSPS) is 11.2. The minimum absolute atomic E-state index is 0.346. The van der Waals surface area contributed by atoms with E-state index in [9.17, 15) is 18.4 Å². The van der Waals surface area contributed by atoms with Crippen LogP contribution in [-0.4, -0.2) is 22.0 Å². The largest absolute Gasteiger partial charge is 0.502 e. The number of ketones is 1. The highest BCUT2D eigenvalue weighted by molar-refractivity contribution is 6.07. The molecular weight excluding hydrogens is 222 g/mol. The van der Waals surface area contributed by atoms with Crippen LogP contribution in [-0.2, 0) is 4.79 Å². The van der Waals surface area contributed by atoms with Gasteiger partial charge in [0.25, 0.3) is 0 Å². The fourth-order valence-corrected chi connectivity index (χ4v) is 0.953. The maximum Gasteiger partial charge on any atom is 0.371 e. The van der Waals surface area contributed by atoms with Crippen LogP contribution >= 0.6 is 0 Å². The first kappa shape index (κ1) is 11.8. The molecule has 0 aliphatic carbocycles. The smallest absolute Gasteiger partial charge is 0.371 e. The van der Waals surface area contributed by atoms with Crippen molar-refractivity contribution in [3.05, 3.63) is 47.2 Å². The van der Waals surface area contributed by atoms with E-state index in [2.05, 4.69) is 0 Å². The van der Waals surface area contributed by atoms with Crippen LogP contribution in [0.2, 0.25) is 0 Å². The Morgan fingerprint density at radius 1 is 1.19 bits per heavy atom. The number of benzene rings is 1. The van der Waals surface area contributed by atoms with Gasteiger partial charge in [-0.25, -0.2) is 13.6 Å². The lowest BCUT2D eigenvalue weighted by Crippen LogP contribution is -2.05. The Kier molecular flexibility index (Phi) is 3.34. The standard InChI is InChI=1S/C10H6F2O4/c11-5-1-2-6(7(12)3-5)8(13)4-9(14)10(15)16/h1-4,14H,(H,15,16)/b9-4-. The molecule has 1 aromatic rings. The third-order valence-corrected chi connectivity index (χ3v) is 1.68. The lowest BCUT2D eigenvalue weighted by molar-refractivity contribution is -0.135. The Morgan fingerprint density at radius 2 is 1.81 bits per heavy atom. The molecule has 4 nitrogen and oxygen atoms in total. The van der Waals surface area contributed by atoms with Gasteiger partial charge in [0.05, 0.1) is 5.56 Å². The van der Waals surface area contributed by atoms with Crippen LogP contribution in [0.1, 0.15) is 10.4 Å². The fraction of sp³-hybridized carbons (Fsp3) is 0. The number of carbonyl (C=O) groups excluding carboxylic acids is 1. The van der Waals surface area contributed by atoms with Gasteiger partial charge in [-0.1, -0.05) is 0 Å². The number of rotatable bonds is 3. The number of halogens is 2. The molecule has 0 fully saturated rings. The van der Waals surface area contributed by atoms with E-state index in [1.54, 1.807) is 0 Å². The number of carboxylic acid groups (broad SMARTS) is 1. The summed E-state index contributed by atoms with van der Waals surface area (Å²) in [5.41, 5.74) is -0.519. The van der Waals surface area contributed by atoms with Gasteiger partial charge in [-0.2, -0.15) is 0 Å². The fourth-order valence-electron chi connectivity index (χ4n) is 0.953. The third kappa shape index (κ3) is 2.63. The molecule has 0 aliphatic heterocycles. The number of aliphatic hydroxyl groups is 1. The zero-order chi connectivity index (χ0) is 12.3. The summed E-state index contributed by atoms with van der Waals surface area (Å²) in [4.78, 5) is 21.4. The number of hydrogen-bond acceptors (Lipinski definition) is 3. The van der Waals surface area contributed by atoms with Crippen LogP contribution in [0.5, 0.6) is 0 Å². The lowest BCUT2D eigenvalue weighted by Gasteiger charge is -1.98. The molecule has 1 rings (SSSR count). The molecule has 6 heteroatoms. The van der Waals surface area contributed by atoms with E-state index in [1.807, 2.05) is 0 Å². The van der Waals surface area contributed by atoms with Crippen molar-refractivity contribution in [1.29, 1.82) is 0 Å². The molecule has 1 aromatic carbocycles. The van der Waals surface area contributed by atoms with Gasteiger partial charge in [0.2, 0.25) is 5.76 Å². The molecule has 0 radical (unpaired) electrons. The zero-order valence-electron chi connectivity index (χ0n) is 7.78. The molecule has 0 heterocycles.